The molecule has 0 spiro atoms. The molecule has 0 bridgehead atoms. The lowest BCUT2D eigenvalue weighted by Crippen LogP contribution is -2.33. The van der Waals surface area contributed by atoms with Gasteiger partial charge in [-0.2, -0.15) is 0 Å². The number of carbonyl (C=O) groups is 1. The highest BCUT2D eigenvalue weighted by molar-refractivity contribution is 6.42. The summed E-state index contributed by atoms with van der Waals surface area (Å²) in [6.07, 6.45) is 1.99. The van der Waals surface area contributed by atoms with Crippen LogP contribution in [0.4, 0.5) is 0 Å². The fourth-order valence-corrected chi connectivity index (χ4v) is 3.31. The molecule has 2 aromatic rings. The van der Waals surface area contributed by atoms with E-state index < -0.39 is 0 Å². The van der Waals surface area contributed by atoms with Gasteiger partial charge in [-0.15, -0.1) is 0 Å². The Kier molecular flexibility index (Phi) is 8.16. The number of hydrogen-bond donors (Lipinski definition) is 2. The minimum atomic E-state index is -0.269. The van der Waals surface area contributed by atoms with Gasteiger partial charge in [0.1, 0.15) is 5.75 Å². The van der Waals surface area contributed by atoms with Crippen molar-refractivity contribution in [2.75, 3.05) is 6.61 Å². The molecule has 0 unspecified atom stereocenters. The first-order valence-electron chi connectivity index (χ1n) is 9.46. The second-order valence-electron chi connectivity index (χ2n) is 6.92. The predicted molar refractivity (Wildman–Crippen MR) is 114 cm³/mol. The van der Waals surface area contributed by atoms with Gasteiger partial charge in [-0.25, -0.2) is 0 Å². The summed E-state index contributed by atoms with van der Waals surface area (Å²) in [5.41, 5.74) is 6.25. The van der Waals surface area contributed by atoms with Crippen molar-refractivity contribution in [1.82, 2.24) is 9.88 Å². The predicted octanol–water partition coefficient (Wildman–Crippen LogP) is 3.86. The Hall–Kier alpha value is -1.76. The molecule has 0 aliphatic rings. The number of aromatic nitrogens is 1. The van der Waals surface area contributed by atoms with Gasteiger partial charge in [0.2, 0.25) is 5.91 Å². The summed E-state index contributed by atoms with van der Waals surface area (Å²) in [5, 5.41) is 4.42. The van der Waals surface area contributed by atoms with Crippen LogP contribution in [-0.4, -0.2) is 23.1 Å². The molecule has 3 N–H and O–H groups in total. The van der Waals surface area contributed by atoms with E-state index in [9.17, 15) is 9.59 Å². The monoisotopic (exact) mass is 427 g/mol. The molecule has 0 saturated carbocycles. The number of pyridine rings is 1. The third kappa shape index (κ3) is 5.19. The summed E-state index contributed by atoms with van der Waals surface area (Å²) in [5.74, 6) is 0.390. The van der Waals surface area contributed by atoms with Crippen LogP contribution < -0.4 is 21.3 Å². The lowest BCUT2D eigenvalue weighted by Gasteiger charge is -2.20. The Morgan fingerprint density at radius 2 is 1.89 bits per heavy atom. The van der Waals surface area contributed by atoms with Gasteiger partial charge in [0, 0.05) is 30.9 Å². The molecule has 0 fully saturated rings. The number of nitrogens with one attached hydrogen (secondary N) is 1. The molecule has 8 heteroatoms. The highest BCUT2D eigenvalue weighted by Gasteiger charge is 2.19. The second kappa shape index (κ2) is 10.1. The molecule has 28 heavy (non-hydrogen) atoms. The number of nitrogens with two attached hydrogens (primary N) is 1. The second-order valence-corrected chi connectivity index (χ2v) is 7.74. The summed E-state index contributed by atoms with van der Waals surface area (Å²) in [4.78, 5) is 25.2. The minimum absolute atomic E-state index is 0.0312. The maximum absolute atomic E-state index is 13.1. The van der Waals surface area contributed by atoms with Gasteiger partial charge < -0.3 is 20.4 Å². The molecule has 1 aromatic carbocycles. The third-order valence-corrected chi connectivity index (χ3v) is 5.04. The van der Waals surface area contributed by atoms with Crippen molar-refractivity contribution in [3.63, 3.8) is 0 Å². The number of nitrogens with zero attached hydrogens (tertiary/aromatic N) is 1. The van der Waals surface area contributed by atoms with Crippen LogP contribution in [-0.2, 0) is 17.9 Å². The van der Waals surface area contributed by atoms with Crippen molar-refractivity contribution in [3.8, 4) is 5.75 Å². The van der Waals surface area contributed by atoms with E-state index in [1.807, 2.05) is 13.8 Å². The lowest BCUT2D eigenvalue weighted by molar-refractivity contribution is -0.121. The number of rotatable bonds is 9. The van der Waals surface area contributed by atoms with E-state index in [2.05, 4.69) is 12.2 Å². The zero-order valence-corrected chi connectivity index (χ0v) is 18.0. The maximum atomic E-state index is 13.1. The first-order chi connectivity index (χ1) is 13.3. The van der Waals surface area contributed by atoms with Crippen molar-refractivity contribution >= 4 is 39.9 Å². The molecule has 0 atom stereocenters. The number of fused-ring (bicyclic) bond motifs is 1. The van der Waals surface area contributed by atoms with Crippen molar-refractivity contribution in [3.05, 3.63) is 38.2 Å². The van der Waals surface area contributed by atoms with E-state index in [1.165, 1.54) is 4.57 Å². The van der Waals surface area contributed by atoms with Crippen LogP contribution >= 0.6 is 23.2 Å². The zero-order chi connectivity index (χ0) is 20.8. The van der Waals surface area contributed by atoms with Crippen molar-refractivity contribution in [2.45, 2.75) is 59.2 Å². The first-order valence-corrected chi connectivity index (χ1v) is 10.2. The Morgan fingerprint density at radius 3 is 2.46 bits per heavy atom. The van der Waals surface area contributed by atoms with Crippen molar-refractivity contribution in [2.24, 2.45) is 5.73 Å². The number of hydrogen-bond acceptors (Lipinski definition) is 4. The summed E-state index contributed by atoms with van der Waals surface area (Å²) in [6.45, 7) is 6.62. The summed E-state index contributed by atoms with van der Waals surface area (Å²) in [7, 11) is 0. The lowest BCUT2D eigenvalue weighted by atomic mass is 10.1. The average Bonchev–Trinajstić information content (AvgIpc) is 2.63. The van der Waals surface area contributed by atoms with Gasteiger partial charge in [-0.3, -0.25) is 9.59 Å². The van der Waals surface area contributed by atoms with Crippen molar-refractivity contribution in [1.29, 1.82) is 0 Å². The summed E-state index contributed by atoms with van der Waals surface area (Å²) >= 11 is 12.3. The Labute approximate surface area is 174 Å². The van der Waals surface area contributed by atoms with E-state index >= 15 is 0 Å². The fourth-order valence-electron chi connectivity index (χ4n) is 2.98. The largest absolute Gasteiger partial charge is 0.491 e. The van der Waals surface area contributed by atoms with Crippen LogP contribution in [0.15, 0.2) is 16.9 Å². The highest BCUT2D eigenvalue weighted by Crippen LogP contribution is 2.34. The van der Waals surface area contributed by atoms with Crippen molar-refractivity contribution < 1.29 is 9.53 Å². The van der Waals surface area contributed by atoms with Gasteiger partial charge in [-0.1, -0.05) is 36.5 Å². The highest BCUT2D eigenvalue weighted by atomic mass is 35.5. The SMILES string of the molecule is CCCCOc1c(CN)n(CCC(=O)NC(C)C)c(=O)c2cc(Cl)c(Cl)cc12. The van der Waals surface area contributed by atoms with Gasteiger partial charge >= 0.3 is 0 Å². The molecule has 1 aromatic heterocycles. The van der Waals surface area contributed by atoms with E-state index in [0.29, 0.717) is 33.8 Å². The smallest absolute Gasteiger partial charge is 0.258 e. The van der Waals surface area contributed by atoms with Gasteiger partial charge in [0.05, 0.1) is 27.7 Å². The van der Waals surface area contributed by atoms with Crippen LogP contribution in [0.5, 0.6) is 5.75 Å². The number of carbonyl (C=O) groups excluding carboxylic acids is 1. The van der Waals surface area contributed by atoms with Crippen LogP contribution in [0.3, 0.4) is 0 Å². The maximum Gasteiger partial charge on any atom is 0.258 e. The summed E-state index contributed by atoms with van der Waals surface area (Å²) < 4.78 is 7.51. The third-order valence-electron chi connectivity index (χ3n) is 4.32. The average molecular weight is 428 g/mol. The van der Waals surface area contributed by atoms with Crippen LogP contribution in [0, 0.1) is 0 Å². The van der Waals surface area contributed by atoms with E-state index in [1.54, 1.807) is 12.1 Å². The Bertz CT molecular complexity index is 910. The van der Waals surface area contributed by atoms with E-state index in [4.69, 9.17) is 33.7 Å². The van der Waals surface area contributed by atoms with E-state index in [0.717, 1.165) is 12.8 Å². The minimum Gasteiger partial charge on any atom is -0.491 e. The topological polar surface area (TPSA) is 86.3 Å². The van der Waals surface area contributed by atoms with E-state index in [-0.39, 0.29) is 42.0 Å². The van der Waals surface area contributed by atoms with Gasteiger partial charge in [0.25, 0.3) is 5.56 Å². The quantitative estimate of drug-likeness (QED) is 0.594. The number of amides is 1. The molecule has 1 amide bonds. The normalized spacial score (nSPS) is 11.2. The molecule has 0 radical (unpaired) electrons. The molecule has 154 valence electrons. The number of unbranched alkanes of at least 4 members (excludes halogenated alkanes) is 1. The molecule has 2 rings (SSSR count). The molecule has 6 nitrogen and oxygen atoms in total. The van der Waals surface area contributed by atoms with Crippen LogP contribution in [0.1, 0.15) is 45.7 Å². The van der Waals surface area contributed by atoms with Gasteiger partial charge in [0.15, 0.2) is 0 Å². The Morgan fingerprint density at radius 1 is 1.25 bits per heavy atom. The number of halogens is 2. The number of benzene rings is 1. The zero-order valence-electron chi connectivity index (χ0n) is 16.5. The van der Waals surface area contributed by atoms with Gasteiger partial charge in [-0.05, 0) is 32.4 Å². The summed E-state index contributed by atoms with van der Waals surface area (Å²) in [6, 6.07) is 3.21. The standard InChI is InChI=1S/C20H27Cl2N3O3/c1-4-5-8-28-19-13-9-15(21)16(22)10-14(13)20(27)25(17(19)11-23)7-6-18(26)24-12(2)3/h9-10,12H,4-8,11,23H2,1-3H3,(H,24,26). The fraction of sp³-hybridized carbons (Fsp3) is 0.500. The molecule has 1 heterocycles. The molecular formula is C20H27Cl2N3O3. The van der Waals surface area contributed by atoms with Crippen LogP contribution in [0.25, 0.3) is 10.8 Å². The first kappa shape index (κ1) is 22.5. The molecule has 0 aliphatic heterocycles. The Balaban J connectivity index is 2.58. The number of ether oxygens (including phenoxy) is 1. The molecule has 0 aliphatic carbocycles. The van der Waals surface area contributed by atoms with Crippen LogP contribution in [0.2, 0.25) is 10.0 Å². The molecule has 0 saturated heterocycles. The molecular weight excluding hydrogens is 401 g/mol.